The summed E-state index contributed by atoms with van der Waals surface area (Å²) < 4.78 is 5.01. The second-order valence-corrected chi connectivity index (χ2v) is 3.98. The highest BCUT2D eigenvalue weighted by molar-refractivity contribution is 5.78. The van der Waals surface area contributed by atoms with Gasteiger partial charge in [-0.1, -0.05) is 24.3 Å². The minimum absolute atomic E-state index is 0.0939. The van der Waals surface area contributed by atoms with Crippen LogP contribution in [0.5, 0.6) is 11.5 Å². The van der Waals surface area contributed by atoms with E-state index in [1.54, 1.807) is 18.2 Å². The number of nitrogens with one attached hydrogen (secondary N) is 1. The van der Waals surface area contributed by atoms with Gasteiger partial charge in [0.05, 0.1) is 13.7 Å². The number of methoxy groups -OCH3 is 1. The Kier molecular flexibility index (Phi) is 5.05. The van der Waals surface area contributed by atoms with Crippen LogP contribution in [0.4, 0.5) is 0 Å². The van der Waals surface area contributed by atoms with E-state index >= 15 is 0 Å². The normalized spacial score (nSPS) is 11.1. The number of nitrogens with two attached hydrogens (primary N) is 1. The van der Waals surface area contributed by atoms with Gasteiger partial charge < -0.3 is 20.9 Å². The van der Waals surface area contributed by atoms with Crippen LogP contribution in [0, 0.1) is 0 Å². The first-order chi connectivity index (χ1) is 8.54. The molecule has 0 fully saturated rings. The van der Waals surface area contributed by atoms with Gasteiger partial charge in [-0.3, -0.25) is 0 Å². The molecular formula is C13H19N3O2. The fourth-order valence-electron chi connectivity index (χ4n) is 1.33. The SMILES string of the molecule is C=C(C)CNC(N)=NCc1cccc(OC)c1O. The van der Waals surface area contributed by atoms with Crippen molar-refractivity contribution in [3.8, 4) is 11.5 Å². The largest absolute Gasteiger partial charge is 0.504 e. The zero-order valence-electron chi connectivity index (χ0n) is 10.7. The first-order valence-electron chi connectivity index (χ1n) is 5.57. The summed E-state index contributed by atoms with van der Waals surface area (Å²) in [5.41, 5.74) is 7.31. The van der Waals surface area contributed by atoms with Gasteiger partial charge in [-0.25, -0.2) is 4.99 Å². The first kappa shape index (κ1) is 13.9. The van der Waals surface area contributed by atoms with Crippen LogP contribution >= 0.6 is 0 Å². The Morgan fingerprint density at radius 3 is 2.89 bits per heavy atom. The van der Waals surface area contributed by atoms with Crippen molar-refractivity contribution in [2.24, 2.45) is 10.7 Å². The number of aromatic hydroxyl groups is 1. The maximum absolute atomic E-state index is 9.85. The summed E-state index contributed by atoms with van der Waals surface area (Å²) in [6.45, 7) is 6.52. The quantitative estimate of drug-likeness (QED) is 0.418. The summed E-state index contributed by atoms with van der Waals surface area (Å²) in [5, 5.41) is 12.8. The van der Waals surface area contributed by atoms with Crippen LogP contribution in [-0.4, -0.2) is 24.7 Å². The molecule has 5 heteroatoms. The second-order valence-electron chi connectivity index (χ2n) is 3.98. The number of hydrogen-bond donors (Lipinski definition) is 3. The number of phenols is 1. The van der Waals surface area contributed by atoms with Crippen LogP contribution in [-0.2, 0) is 6.54 Å². The summed E-state index contributed by atoms with van der Waals surface area (Å²) in [7, 11) is 1.50. The van der Waals surface area contributed by atoms with Gasteiger partial charge in [-0.15, -0.1) is 0 Å². The molecule has 0 radical (unpaired) electrons. The van der Waals surface area contributed by atoms with Crippen LogP contribution in [0.15, 0.2) is 35.3 Å². The molecule has 0 spiro atoms. The maximum atomic E-state index is 9.85. The van der Waals surface area contributed by atoms with Gasteiger partial charge >= 0.3 is 0 Å². The van der Waals surface area contributed by atoms with E-state index in [0.717, 1.165) is 5.57 Å². The number of nitrogens with zero attached hydrogens (tertiary/aromatic N) is 1. The lowest BCUT2D eigenvalue weighted by Gasteiger charge is -2.08. The van der Waals surface area contributed by atoms with Crippen LogP contribution in [0.25, 0.3) is 0 Å². The molecule has 0 unspecified atom stereocenters. The Hall–Kier alpha value is -2.17. The van der Waals surface area contributed by atoms with E-state index in [4.69, 9.17) is 10.5 Å². The van der Waals surface area contributed by atoms with E-state index < -0.39 is 0 Å². The van der Waals surface area contributed by atoms with Gasteiger partial charge in [0, 0.05) is 12.1 Å². The van der Waals surface area contributed by atoms with Gasteiger partial charge in [-0.05, 0) is 13.0 Å². The van der Waals surface area contributed by atoms with E-state index in [-0.39, 0.29) is 12.3 Å². The Morgan fingerprint density at radius 2 is 2.28 bits per heavy atom. The molecule has 1 aromatic carbocycles. The molecule has 0 aliphatic heterocycles. The Balaban J connectivity index is 2.68. The zero-order valence-corrected chi connectivity index (χ0v) is 10.7. The molecule has 5 nitrogen and oxygen atoms in total. The zero-order chi connectivity index (χ0) is 13.5. The number of para-hydroxylation sites is 1. The highest BCUT2D eigenvalue weighted by Gasteiger charge is 2.06. The van der Waals surface area contributed by atoms with Crippen LogP contribution in [0.2, 0.25) is 0 Å². The van der Waals surface area contributed by atoms with Crippen molar-refractivity contribution < 1.29 is 9.84 Å². The third kappa shape index (κ3) is 4.01. The van der Waals surface area contributed by atoms with Gasteiger partial charge in [0.1, 0.15) is 0 Å². The van der Waals surface area contributed by atoms with Gasteiger partial charge in [0.25, 0.3) is 0 Å². The van der Waals surface area contributed by atoms with Crippen LogP contribution < -0.4 is 15.8 Å². The van der Waals surface area contributed by atoms with Gasteiger partial charge in [0.2, 0.25) is 0 Å². The number of ether oxygens (including phenoxy) is 1. The Morgan fingerprint density at radius 1 is 1.56 bits per heavy atom. The monoisotopic (exact) mass is 249 g/mol. The molecule has 18 heavy (non-hydrogen) atoms. The summed E-state index contributed by atoms with van der Waals surface area (Å²) in [5.74, 6) is 0.841. The van der Waals surface area contributed by atoms with Crippen molar-refractivity contribution >= 4 is 5.96 Å². The third-order valence-corrected chi connectivity index (χ3v) is 2.29. The molecule has 0 saturated carbocycles. The van der Waals surface area contributed by atoms with Crippen molar-refractivity contribution in [2.75, 3.05) is 13.7 Å². The van der Waals surface area contributed by atoms with Crippen LogP contribution in [0.1, 0.15) is 12.5 Å². The smallest absolute Gasteiger partial charge is 0.189 e. The summed E-state index contributed by atoms with van der Waals surface area (Å²) in [6, 6.07) is 5.25. The molecule has 0 bridgehead atoms. The molecule has 0 heterocycles. The molecule has 0 amide bonds. The highest BCUT2D eigenvalue weighted by atomic mass is 16.5. The predicted octanol–water partition coefficient (Wildman–Crippen LogP) is 1.38. The van der Waals surface area contributed by atoms with Crippen LogP contribution in [0.3, 0.4) is 0 Å². The third-order valence-electron chi connectivity index (χ3n) is 2.29. The minimum atomic E-state index is 0.0939. The molecule has 0 aliphatic rings. The Labute approximate surface area is 107 Å². The van der Waals surface area contributed by atoms with E-state index in [1.807, 2.05) is 6.92 Å². The topological polar surface area (TPSA) is 79.9 Å². The van der Waals surface area contributed by atoms with Gasteiger partial charge in [-0.2, -0.15) is 0 Å². The molecule has 0 atom stereocenters. The fraction of sp³-hybridized carbons (Fsp3) is 0.308. The fourth-order valence-corrected chi connectivity index (χ4v) is 1.33. The molecule has 0 saturated heterocycles. The maximum Gasteiger partial charge on any atom is 0.189 e. The second kappa shape index (κ2) is 6.54. The number of aliphatic imine (C=N–C) groups is 1. The molecule has 4 N–H and O–H groups in total. The summed E-state index contributed by atoms with van der Waals surface area (Å²) >= 11 is 0. The lowest BCUT2D eigenvalue weighted by Crippen LogP contribution is -2.32. The number of benzene rings is 1. The number of phenolic OH excluding ortho intramolecular Hbond substituents is 1. The van der Waals surface area contributed by atoms with Crippen molar-refractivity contribution in [2.45, 2.75) is 13.5 Å². The molecule has 98 valence electrons. The summed E-state index contributed by atoms with van der Waals surface area (Å²) in [6.07, 6.45) is 0. The van der Waals surface area contributed by atoms with Gasteiger partial charge in [0.15, 0.2) is 17.5 Å². The standard InChI is InChI=1S/C13H19N3O2/c1-9(2)7-15-13(14)16-8-10-5-4-6-11(18-3)12(10)17/h4-6,17H,1,7-8H2,2-3H3,(H3,14,15,16). The Bertz CT molecular complexity index is 456. The number of rotatable bonds is 5. The number of hydrogen-bond acceptors (Lipinski definition) is 3. The molecule has 0 aromatic heterocycles. The first-order valence-corrected chi connectivity index (χ1v) is 5.57. The predicted molar refractivity (Wildman–Crippen MR) is 72.8 cm³/mol. The van der Waals surface area contributed by atoms with E-state index in [0.29, 0.717) is 23.8 Å². The van der Waals surface area contributed by atoms with Crippen molar-refractivity contribution in [1.29, 1.82) is 0 Å². The molecule has 1 rings (SSSR count). The van der Waals surface area contributed by atoms with Crippen molar-refractivity contribution in [1.82, 2.24) is 5.32 Å². The average molecular weight is 249 g/mol. The lowest BCUT2D eigenvalue weighted by molar-refractivity contribution is 0.370. The van der Waals surface area contributed by atoms with Crippen molar-refractivity contribution in [3.05, 3.63) is 35.9 Å². The van der Waals surface area contributed by atoms with Crippen molar-refractivity contribution in [3.63, 3.8) is 0 Å². The summed E-state index contributed by atoms with van der Waals surface area (Å²) in [4.78, 5) is 4.13. The number of guanidine groups is 1. The molecular weight excluding hydrogens is 230 g/mol. The highest BCUT2D eigenvalue weighted by Crippen LogP contribution is 2.29. The molecule has 0 aliphatic carbocycles. The minimum Gasteiger partial charge on any atom is -0.504 e. The van der Waals surface area contributed by atoms with E-state index in [1.165, 1.54) is 7.11 Å². The lowest BCUT2D eigenvalue weighted by atomic mass is 10.2. The average Bonchev–Trinajstić information content (AvgIpc) is 2.35. The molecule has 1 aromatic rings. The van der Waals surface area contributed by atoms with E-state index in [9.17, 15) is 5.11 Å². The van der Waals surface area contributed by atoms with E-state index in [2.05, 4.69) is 16.9 Å².